The van der Waals surface area contributed by atoms with E-state index in [9.17, 15) is 22.8 Å². The summed E-state index contributed by atoms with van der Waals surface area (Å²) in [4.78, 5) is 28.6. The Morgan fingerprint density at radius 2 is 2.03 bits per heavy atom. The number of amides is 2. The van der Waals surface area contributed by atoms with E-state index < -0.39 is 31.0 Å². The number of carbonyl (C=O) groups is 2. The first-order valence-electron chi connectivity index (χ1n) is 9.93. The smallest absolute Gasteiger partial charge is 0.364 e. The summed E-state index contributed by atoms with van der Waals surface area (Å²) in [5.41, 5.74) is 2.45. The quantitative estimate of drug-likeness (QED) is 0.543. The first-order valence-corrected chi connectivity index (χ1v) is 9.93. The second kappa shape index (κ2) is 9.37. The Kier molecular flexibility index (Phi) is 6.80. The van der Waals surface area contributed by atoms with Crippen LogP contribution in [0.25, 0.3) is 5.65 Å². The molecule has 2 amide bonds. The molecule has 3 aromatic rings. The summed E-state index contributed by atoms with van der Waals surface area (Å²) < 4.78 is 43.4. The van der Waals surface area contributed by atoms with Gasteiger partial charge in [-0.15, -0.1) is 0 Å². The van der Waals surface area contributed by atoms with Gasteiger partial charge in [-0.1, -0.05) is 19.0 Å². The van der Waals surface area contributed by atoms with Gasteiger partial charge >= 0.3 is 6.18 Å². The molecule has 0 radical (unpaired) electrons. The lowest BCUT2D eigenvalue weighted by atomic mass is 9.97. The number of halogens is 3. The van der Waals surface area contributed by atoms with Crippen molar-refractivity contribution in [2.75, 3.05) is 0 Å². The van der Waals surface area contributed by atoms with Gasteiger partial charge in [0.15, 0.2) is 5.65 Å². The van der Waals surface area contributed by atoms with Crippen LogP contribution in [0.4, 0.5) is 13.2 Å². The van der Waals surface area contributed by atoms with E-state index in [4.69, 9.17) is 4.52 Å². The van der Waals surface area contributed by atoms with E-state index in [1.165, 1.54) is 17.0 Å². The number of rotatable bonds is 8. The van der Waals surface area contributed by atoms with Crippen molar-refractivity contribution in [1.82, 2.24) is 30.4 Å². The second-order valence-electron chi connectivity index (χ2n) is 7.72. The van der Waals surface area contributed by atoms with Crippen LogP contribution < -0.4 is 10.6 Å². The zero-order valence-electron chi connectivity index (χ0n) is 17.7. The average Bonchev–Trinajstić information content (AvgIpc) is 3.33. The van der Waals surface area contributed by atoms with Gasteiger partial charge < -0.3 is 15.2 Å². The van der Waals surface area contributed by atoms with Crippen molar-refractivity contribution in [1.29, 1.82) is 0 Å². The van der Waals surface area contributed by atoms with E-state index >= 15 is 0 Å². The summed E-state index contributed by atoms with van der Waals surface area (Å²) in [6, 6.07) is 1.18. The van der Waals surface area contributed by atoms with Crippen molar-refractivity contribution in [2.45, 2.75) is 52.4 Å². The van der Waals surface area contributed by atoms with Crippen molar-refractivity contribution >= 4 is 17.5 Å². The maximum absolute atomic E-state index is 12.4. The first kappa shape index (κ1) is 23.2. The molecule has 12 heteroatoms. The predicted octanol–water partition coefficient (Wildman–Crippen LogP) is 3.11. The third-order valence-electron chi connectivity index (χ3n) is 4.79. The standard InChI is InChI=1S/C20H23F3N6O3/c1-11(2)18(27-17(30)4-5-20(21,22)23)13-6-16-26-14(9-29(16)25-7-13)8-24-19(31)15-10-32-28-12(15)3/h6-7,9-11,18H,4-5,8H2,1-3H3,(H,24,31)(H,27,30). The van der Waals surface area contributed by atoms with Gasteiger partial charge in [0.05, 0.1) is 42.8 Å². The molecule has 0 saturated heterocycles. The summed E-state index contributed by atoms with van der Waals surface area (Å²) >= 11 is 0. The van der Waals surface area contributed by atoms with E-state index in [-0.39, 0.29) is 18.4 Å². The van der Waals surface area contributed by atoms with Crippen molar-refractivity contribution in [3.05, 3.63) is 47.2 Å². The number of hydrogen-bond acceptors (Lipinski definition) is 6. The highest BCUT2D eigenvalue weighted by atomic mass is 19.4. The number of aryl methyl sites for hydroxylation is 1. The lowest BCUT2D eigenvalue weighted by Crippen LogP contribution is -2.32. The minimum absolute atomic E-state index is 0.0883. The van der Waals surface area contributed by atoms with Gasteiger partial charge in [-0.3, -0.25) is 9.59 Å². The first-order chi connectivity index (χ1) is 15.0. The monoisotopic (exact) mass is 452 g/mol. The molecule has 0 aliphatic rings. The van der Waals surface area contributed by atoms with Crippen LogP contribution in [-0.2, 0) is 11.3 Å². The summed E-state index contributed by atoms with van der Waals surface area (Å²) in [6.45, 7) is 5.49. The third kappa shape index (κ3) is 5.83. The van der Waals surface area contributed by atoms with Crippen LogP contribution in [0.15, 0.2) is 29.2 Å². The lowest BCUT2D eigenvalue weighted by Gasteiger charge is -2.22. The van der Waals surface area contributed by atoms with Crippen LogP contribution in [-0.4, -0.2) is 37.7 Å². The van der Waals surface area contributed by atoms with E-state index in [0.29, 0.717) is 28.2 Å². The van der Waals surface area contributed by atoms with Crippen LogP contribution >= 0.6 is 0 Å². The molecule has 0 aliphatic heterocycles. The van der Waals surface area contributed by atoms with E-state index in [1.807, 2.05) is 13.8 Å². The number of hydrogen-bond donors (Lipinski definition) is 2. The fourth-order valence-corrected chi connectivity index (χ4v) is 3.11. The number of imidazole rings is 1. The summed E-state index contributed by atoms with van der Waals surface area (Å²) in [7, 11) is 0. The average molecular weight is 452 g/mol. The van der Waals surface area contributed by atoms with Crippen molar-refractivity contribution in [3.8, 4) is 0 Å². The van der Waals surface area contributed by atoms with Crippen LogP contribution in [0.1, 0.15) is 60.0 Å². The number of alkyl halides is 3. The van der Waals surface area contributed by atoms with Crippen LogP contribution in [0.3, 0.4) is 0 Å². The van der Waals surface area contributed by atoms with Crippen LogP contribution in [0.2, 0.25) is 0 Å². The molecule has 0 aliphatic carbocycles. The van der Waals surface area contributed by atoms with Gasteiger partial charge in [0.25, 0.3) is 5.91 Å². The number of nitrogens with zero attached hydrogens (tertiary/aromatic N) is 4. The van der Waals surface area contributed by atoms with E-state index in [1.54, 1.807) is 19.2 Å². The predicted molar refractivity (Wildman–Crippen MR) is 106 cm³/mol. The van der Waals surface area contributed by atoms with Crippen LogP contribution in [0, 0.1) is 12.8 Å². The molecule has 0 fully saturated rings. The molecule has 9 nitrogen and oxygen atoms in total. The Morgan fingerprint density at radius 3 is 2.66 bits per heavy atom. The summed E-state index contributed by atoms with van der Waals surface area (Å²) in [5, 5.41) is 13.3. The van der Waals surface area contributed by atoms with Gasteiger partial charge in [0.2, 0.25) is 5.91 Å². The highest BCUT2D eigenvalue weighted by Gasteiger charge is 2.29. The third-order valence-corrected chi connectivity index (χ3v) is 4.79. The van der Waals surface area contributed by atoms with Crippen molar-refractivity contribution in [2.24, 2.45) is 5.92 Å². The molecular formula is C20H23F3N6O3. The number of aromatic nitrogens is 4. The van der Waals surface area contributed by atoms with E-state index in [2.05, 4.69) is 25.9 Å². The maximum Gasteiger partial charge on any atom is 0.389 e. The highest BCUT2D eigenvalue weighted by Crippen LogP contribution is 2.24. The normalized spacial score (nSPS) is 12.8. The Hall–Kier alpha value is -3.44. The highest BCUT2D eigenvalue weighted by molar-refractivity contribution is 5.94. The SMILES string of the molecule is Cc1nocc1C(=O)NCc1cn2ncc(C(NC(=O)CCC(F)(F)F)C(C)C)cc2n1. The van der Waals surface area contributed by atoms with Crippen molar-refractivity contribution < 1.29 is 27.3 Å². The molecule has 172 valence electrons. The molecule has 0 spiro atoms. The molecule has 2 N–H and O–H groups in total. The van der Waals surface area contributed by atoms with E-state index in [0.717, 1.165) is 0 Å². The molecule has 0 saturated carbocycles. The van der Waals surface area contributed by atoms with Crippen LogP contribution in [0.5, 0.6) is 0 Å². The Balaban J connectivity index is 1.70. The molecule has 3 aromatic heterocycles. The minimum Gasteiger partial charge on any atom is -0.364 e. The second-order valence-corrected chi connectivity index (χ2v) is 7.72. The maximum atomic E-state index is 12.4. The summed E-state index contributed by atoms with van der Waals surface area (Å²) in [5.74, 6) is -1.12. The number of nitrogens with one attached hydrogen (secondary N) is 2. The van der Waals surface area contributed by atoms with Crippen molar-refractivity contribution in [3.63, 3.8) is 0 Å². The topological polar surface area (TPSA) is 114 Å². The number of fused-ring (bicyclic) bond motifs is 1. The number of carbonyl (C=O) groups excluding carboxylic acids is 2. The molecule has 1 unspecified atom stereocenters. The summed E-state index contributed by atoms with van der Waals surface area (Å²) in [6.07, 6.45) is -1.76. The Morgan fingerprint density at radius 1 is 1.28 bits per heavy atom. The van der Waals surface area contributed by atoms with Gasteiger partial charge in [-0.05, 0) is 24.5 Å². The Bertz CT molecular complexity index is 1110. The lowest BCUT2D eigenvalue weighted by molar-refractivity contribution is -0.144. The van der Waals surface area contributed by atoms with Gasteiger partial charge in [0.1, 0.15) is 11.8 Å². The molecule has 0 aromatic carbocycles. The zero-order chi connectivity index (χ0) is 23.5. The molecular weight excluding hydrogens is 429 g/mol. The fourth-order valence-electron chi connectivity index (χ4n) is 3.11. The largest absolute Gasteiger partial charge is 0.389 e. The molecule has 3 heterocycles. The molecule has 0 bridgehead atoms. The fraction of sp³-hybridized carbons (Fsp3) is 0.450. The van der Waals surface area contributed by atoms with Gasteiger partial charge in [-0.25, -0.2) is 9.50 Å². The Labute approximate surface area is 181 Å². The minimum atomic E-state index is -4.39. The van der Waals surface area contributed by atoms with Gasteiger partial charge in [0, 0.05) is 6.42 Å². The van der Waals surface area contributed by atoms with Gasteiger partial charge in [-0.2, -0.15) is 18.3 Å². The zero-order valence-corrected chi connectivity index (χ0v) is 17.7. The molecule has 32 heavy (non-hydrogen) atoms. The molecule has 3 rings (SSSR count). The molecule has 1 atom stereocenters.